The van der Waals surface area contributed by atoms with Crippen molar-refractivity contribution in [3.8, 4) is 22.5 Å². The summed E-state index contributed by atoms with van der Waals surface area (Å²) in [6.45, 7) is 2.80. The van der Waals surface area contributed by atoms with Crippen LogP contribution in [0.1, 0.15) is 24.4 Å². The van der Waals surface area contributed by atoms with Gasteiger partial charge in [0.25, 0.3) is 0 Å². The molecule has 1 aliphatic heterocycles. The summed E-state index contributed by atoms with van der Waals surface area (Å²) >= 11 is 0. The molecule has 0 unspecified atom stereocenters. The van der Waals surface area contributed by atoms with Gasteiger partial charge in [0, 0.05) is 43.0 Å². The second kappa shape index (κ2) is 9.93. The molecule has 0 bridgehead atoms. The molecule has 0 spiro atoms. The lowest BCUT2D eigenvalue weighted by molar-refractivity contribution is 0.180. The van der Waals surface area contributed by atoms with Crippen molar-refractivity contribution in [2.75, 3.05) is 13.1 Å². The predicted octanol–water partition coefficient (Wildman–Crippen LogP) is 5.84. The number of nitrogens with one attached hydrogen (secondary N) is 1. The number of aromatic nitrogens is 5. The Morgan fingerprint density at radius 2 is 1.46 bits per heavy atom. The van der Waals surface area contributed by atoms with Crippen LogP contribution in [0.2, 0.25) is 0 Å². The number of aromatic amines is 1. The van der Waals surface area contributed by atoms with Crippen LogP contribution in [0.5, 0.6) is 0 Å². The van der Waals surface area contributed by atoms with E-state index >= 15 is 0 Å². The molecular weight excluding hydrogens is 484 g/mol. The monoisotopic (exact) mass is 512 g/mol. The molecule has 4 heterocycles. The van der Waals surface area contributed by atoms with E-state index in [1.807, 2.05) is 53.1 Å². The van der Waals surface area contributed by atoms with Crippen molar-refractivity contribution in [2.24, 2.45) is 0 Å². The van der Waals surface area contributed by atoms with Gasteiger partial charge in [0.1, 0.15) is 5.52 Å². The molecule has 1 N–H and O–H groups in total. The highest BCUT2D eigenvalue weighted by Gasteiger charge is 2.23. The summed E-state index contributed by atoms with van der Waals surface area (Å²) in [6, 6.07) is 29.0. The summed E-state index contributed by atoms with van der Waals surface area (Å²) in [5, 5.41) is 0. The molecule has 0 atom stereocenters. The van der Waals surface area contributed by atoms with Crippen LogP contribution in [0, 0.1) is 0 Å². The lowest BCUT2D eigenvalue weighted by Gasteiger charge is -2.32. The molecule has 0 radical (unpaired) electrons. The molecule has 1 saturated heterocycles. The molecule has 0 amide bonds. The minimum atomic E-state index is -0.00678. The summed E-state index contributed by atoms with van der Waals surface area (Å²) < 4.78 is 1.95. The number of rotatable bonds is 5. The molecule has 3 aromatic carbocycles. The van der Waals surface area contributed by atoms with Crippen molar-refractivity contribution in [1.82, 2.24) is 29.4 Å². The Balaban J connectivity index is 1.10. The lowest BCUT2D eigenvalue weighted by Crippen LogP contribution is -2.36. The number of nitrogens with zero attached hydrogens (tertiary/aromatic N) is 5. The van der Waals surface area contributed by atoms with Crippen LogP contribution in [0.15, 0.2) is 102 Å². The van der Waals surface area contributed by atoms with Crippen LogP contribution in [0.25, 0.3) is 44.6 Å². The lowest BCUT2D eigenvalue weighted by atomic mass is 10.0. The Hall–Kier alpha value is -4.62. The first-order valence-electron chi connectivity index (χ1n) is 13.4. The third kappa shape index (κ3) is 4.51. The van der Waals surface area contributed by atoms with Crippen molar-refractivity contribution in [3.63, 3.8) is 0 Å². The number of para-hydroxylation sites is 2. The minimum Gasteiger partial charge on any atom is -0.306 e. The fourth-order valence-electron chi connectivity index (χ4n) is 5.70. The Morgan fingerprint density at radius 3 is 2.26 bits per heavy atom. The number of pyridine rings is 1. The maximum atomic E-state index is 12.6. The Morgan fingerprint density at radius 1 is 0.769 bits per heavy atom. The summed E-state index contributed by atoms with van der Waals surface area (Å²) in [5.74, 6) is 0. The number of hydrogen-bond acceptors (Lipinski definition) is 5. The average molecular weight is 513 g/mol. The largest absolute Gasteiger partial charge is 0.326 e. The van der Waals surface area contributed by atoms with Gasteiger partial charge in [-0.15, -0.1) is 0 Å². The van der Waals surface area contributed by atoms with Gasteiger partial charge in [0.05, 0.1) is 34.1 Å². The van der Waals surface area contributed by atoms with E-state index in [0.717, 1.165) is 77.1 Å². The van der Waals surface area contributed by atoms with Crippen molar-refractivity contribution >= 4 is 22.1 Å². The van der Waals surface area contributed by atoms with Crippen LogP contribution < -0.4 is 5.69 Å². The quantitative estimate of drug-likeness (QED) is 0.314. The first kappa shape index (κ1) is 23.5. The zero-order valence-electron chi connectivity index (χ0n) is 21.5. The first-order valence-corrected chi connectivity index (χ1v) is 13.4. The van der Waals surface area contributed by atoms with Gasteiger partial charge in [0.15, 0.2) is 0 Å². The average Bonchev–Trinajstić information content (AvgIpc) is 3.33. The third-order valence-electron chi connectivity index (χ3n) is 7.69. The number of benzene rings is 3. The van der Waals surface area contributed by atoms with E-state index < -0.39 is 0 Å². The van der Waals surface area contributed by atoms with Gasteiger partial charge in [-0.1, -0.05) is 66.7 Å². The van der Waals surface area contributed by atoms with E-state index in [-0.39, 0.29) is 11.7 Å². The smallest absolute Gasteiger partial charge is 0.306 e. The zero-order chi connectivity index (χ0) is 26.2. The first-order chi connectivity index (χ1) is 19.2. The van der Waals surface area contributed by atoms with Crippen molar-refractivity contribution in [2.45, 2.75) is 25.4 Å². The van der Waals surface area contributed by atoms with Crippen molar-refractivity contribution < 1.29 is 0 Å². The van der Waals surface area contributed by atoms with E-state index in [9.17, 15) is 4.79 Å². The number of imidazole rings is 1. The van der Waals surface area contributed by atoms with Crippen LogP contribution in [-0.4, -0.2) is 42.5 Å². The Bertz CT molecular complexity index is 1820. The molecule has 7 nitrogen and oxygen atoms in total. The Kier molecular flexibility index (Phi) is 5.98. The molecule has 39 heavy (non-hydrogen) atoms. The molecule has 3 aromatic heterocycles. The van der Waals surface area contributed by atoms with Gasteiger partial charge in [-0.05, 0) is 36.6 Å². The van der Waals surface area contributed by atoms with Crippen molar-refractivity contribution in [1.29, 1.82) is 0 Å². The second-order valence-electron chi connectivity index (χ2n) is 10.2. The van der Waals surface area contributed by atoms with E-state index in [1.165, 1.54) is 5.56 Å². The van der Waals surface area contributed by atoms with Crippen LogP contribution >= 0.6 is 0 Å². The van der Waals surface area contributed by atoms with E-state index in [2.05, 4.69) is 51.3 Å². The standard InChI is InChI=1S/C32H28N6O/c39-32-36-27-8-4-5-9-29(27)38(32)25-15-18-37(19-16-25)21-22-10-12-24(13-11-22)31-30(23-6-2-1-3-7-23)34-26-14-17-33-20-28(26)35-31/h1-14,17,20,25H,15-16,18-19,21H2,(H,36,39). The van der Waals surface area contributed by atoms with Gasteiger partial charge >= 0.3 is 5.69 Å². The van der Waals surface area contributed by atoms with Gasteiger partial charge < -0.3 is 4.98 Å². The number of hydrogen-bond donors (Lipinski definition) is 1. The molecule has 1 aliphatic rings. The maximum absolute atomic E-state index is 12.6. The summed E-state index contributed by atoms with van der Waals surface area (Å²) in [4.78, 5) is 32.3. The van der Waals surface area contributed by atoms with E-state index in [1.54, 1.807) is 12.4 Å². The van der Waals surface area contributed by atoms with Gasteiger partial charge in [-0.2, -0.15) is 0 Å². The SMILES string of the molecule is O=c1[nH]c2ccccc2n1C1CCN(Cc2ccc(-c3nc4cnccc4nc3-c3ccccc3)cc2)CC1. The second-order valence-corrected chi connectivity index (χ2v) is 10.2. The zero-order valence-corrected chi connectivity index (χ0v) is 21.5. The van der Waals surface area contributed by atoms with Gasteiger partial charge in [0.2, 0.25) is 0 Å². The van der Waals surface area contributed by atoms with E-state index in [4.69, 9.17) is 9.97 Å². The van der Waals surface area contributed by atoms with E-state index in [0.29, 0.717) is 0 Å². The number of H-pyrrole nitrogens is 1. The highest BCUT2D eigenvalue weighted by molar-refractivity contribution is 5.85. The van der Waals surface area contributed by atoms with Crippen molar-refractivity contribution in [3.05, 3.63) is 113 Å². The summed E-state index contributed by atoms with van der Waals surface area (Å²) in [5.41, 5.74) is 8.59. The number of piperidine rings is 1. The molecule has 192 valence electrons. The molecule has 0 saturated carbocycles. The highest BCUT2D eigenvalue weighted by Crippen LogP contribution is 2.31. The minimum absolute atomic E-state index is 0.00678. The fraction of sp³-hybridized carbons (Fsp3) is 0.188. The molecular formula is C32H28N6O. The predicted molar refractivity (Wildman–Crippen MR) is 154 cm³/mol. The summed E-state index contributed by atoms with van der Waals surface area (Å²) in [7, 11) is 0. The molecule has 1 fully saturated rings. The Labute approximate surface area is 225 Å². The molecule has 7 heteroatoms. The van der Waals surface area contributed by atoms with Crippen LogP contribution in [-0.2, 0) is 6.54 Å². The van der Waals surface area contributed by atoms with Crippen LogP contribution in [0.4, 0.5) is 0 Å². The highest BCUT2D eigenvalue weighted by atomic mass is 16.1. The number of likely N-dealkylation sites (tertiary alicyclic amines) is 1. The fourth-order valence-corrected chi connectivity index (χ4v) is 5.70. The molecule has 0 aliphatic carbocycles. The normalized spacial score (nSPS) is 14.8. The number of fused-ring (bicyclic) bond motifs is 2. The topological polar surface area (TPSA) is 79.7 Å². The van der Waals surface area contributed by atoms with Gasteiger partial charge in [-0.25, -0.2) is 14.8 Å². The molecule has 6 aromatic rings. The van der Waals surface area contributed by atoms with Gasteiger partial charge in [-0.3, -0.25) is 14.5 Å². The third-order valence-corrected chi connectivity index (χ3v) is 7.69. The summed E-state index contributed by atoms with van der Waals surface area (Å²) in [6.07, 6.45) is 5.44. The molecule has 7 rings (SSSR count). The maximum Gasteiger partial charge on any atom is 0.326 e. The van der Waals surface area contributed by atoms with Crippen LogP contribution in [0.3, 0.4) is 0 Å².